The molecule has 0 amide bonds. The average Bonchev–Trinajstić information content (AvgIpc) is 2.91. The summed E-state index contributed by atoms with van der Waals surface area (Å²) < 4.78 is 1.92. The number of hydrogen-bond acceptors (Lipinski definition) is 2. The van der Waals surface area contributed by atoms with Crippen molar-refractivity contribution in [2.45, 2.75) is 12.3 Å². The van der Waals surface area contributed by atoms with E-state index in [1.165, 1.54) is 0 Å². The summed E-state index contributed by atoms with van der Waals surface area (Å²) in [5, 5.41) is 8.83. The van der Waals surface area contributed by atoms with E-state index in [0.29, 0.717) is 0 Å². The third-order valence-electron chi connectivity index (χ3n) is 2.87. The van der Waals surface area contributed by atoms with Gasteiger partial charge in [-0.3, -0.25) is 4.79 Å². The molecule has 0 aromatic carbocycles. The number of carboxylic acid groups (broad SMARTS) is 1. The molecule has 15 heavy (non-hydrogen) atoms. The quantitative estimate of drug-likeness (QED) is 0.803. The summed E-state index contributed by atoms with van der Waals surface area (Å²) in [7, 11) is 0. The maximum atomic E-state index is 10.7. The van der Waals surface area contributed by atoms with E-state index < -0.39 is 5.97 Å². The van der Waals surface area contributed by atoms with Gasteiger partial charge in [0.15, 0.2) is 0 Å². The van der Waals surface area contributed by atoms with Crippen LogP contribution in [-0.4, -0.2) is 20.5 Å². The fraction of sp³-hybridized carbons (Fsp3) is 0.273. The van der Waals surface area contributed by atoms with Crippen LogP contribution in [0.4, 0.5) is 0 Å². The third kappa shape index (κ3) is 1.29. The Morgan fingerprint density at radius 3 is 3.07 bits per heavy atom. The third-order valence-corrected chi connectivity index (χ3v) is 2.87. The summed E-state index contributed by atoms with van der Waals surface area (Å²) in [6.07, 6.45) is 4.56. The standard InChI is InChI=1S/C11H10N2O2/c14-11(15)8-5-7(8)9-6-13-4-2-1-3-10(13)12-9/h1-4,6-8H,5H2,(H,14,15). The van der Waals surface area contributed by atoms with Crippen LogP contribution in [0.1, 0.15) is 18.0 Å². The highest BCUT2D eigenvalue weighted by atomic mass is 16.4. The zero-order valence-corrected chi connectivity index (χ0v) is 8.00. The molecule has 2 atom stereocenters. The normalized spacial score (nSPS) is 24.3. The highest BCUT2D eigenvalue weighted by molar-refractivity contribution is 5.75. The van der Waals surface area contributed by atoms with Crippen molar-refractivity contribution in [2.75, 3.05) is 0 Å². The number of aliphatic carboxylic acids is 1. The lowest BCUT2D eigenvalue weighted by Crippen LogP contribution is -1.98. The molecule has 2 aromatic heterocycles. The van der Waals surface area contributed by atoms with Gasteiger partial charge in [-0.05, 0) is 18.6 Å². The van der Waals surface area contributed by atoms with Crippen LogP contribution < -0.4 is 0 Å². The minimum atomic E-state index is -0.711. The summed E-state index contributed by atoms with van der Waals surface area (Å²) in [5.41, 5.74) is 1.78. The van der Waals surface area contributed by atoms with Gasteiger partial charge in [0, 0.05) is 18.3 Å². The van der Waals surface area contributed by atoms with Crippen LogP contribution >= 0.6 is 0 Å². The second-order valence-electron chi connectivity index (χ2n) is 3.92. The number of nitrogens with zero attached hydrogens (tertiary/aromatic N) is 2. The van der Waals surface area contributed by atoms with Gasteiger partial charge in [-0.1, -0.05) is 6.07 Å². The minimum Gasteiger partial charge on any atom is -0.481 e. The number of rotatable bonds is 2. The summed E-state index contributed by atoms with van der Waals surface area (Å²) in [5.74, 6) is -0.825. The van der Waals surface area contributed by atoms with Gasteiger partial charge < -0.3 is 9.51 Å². The second kappa shape index (κ2) is 2.82. The molecule has 2 heterocycles. The molecule has 1 N–H and O–H groups in total. The number of imidazole rings is 1. The molecule has 1 aliphatic rings. The van der Waals surface area contributed by atoms with Gasteiger partial charge in [-0.25, -0.2) is 4.98 Å². The lowest BCUT2D eigenvalue weighted by Gasteiger charge is -1.88. The zero-order valence-electron chi connectivity index (χ0n) is 8.00. The molecule has 2 aromatic rings. The summed E-state index contributed by atoms with van der Waals surface area (Å²) >= 11 is 0. The van der Waals surface area contributed by atoms with Crippen molar-refractivity contribution in [3.8, 4) is 0 Å². The van der Waals surface area contributed by atoms with Crippen molar-refractivity contribution in [3.05, 3.63) is 36.3 Å². The smallest absolute Gasteiger partial charge is 0.307 e. The van der Waals surface area contributed by atoms with Gasteiger partial charge in [0.05, 0.1) is 11.6 Å². The van der Waals surface area contributed by atoms with Crippen molar-refractivity contribution >= 4 is 11.6 Å². The molecule has 0 aliphatic heterocycles. The van der Waals surface area contributed by atoms with Crippen LogP contribution in [0.25, 0.3) is 5.65 Å². The Bertz CT molecular complexity index is 499. The number of aromatic nitrogens is 2. The molecule has 1 aliphatic carbocycles. The molecular weight excluding hydrogens is 192 g/mol. The molecule has 0 bridgehead atoms. The summed E-state index contributed by atoms with van der Waals surface area (Å²) in [4.78, 5) is 15.1. The summed E-state index contributed by atoms with van der Waals surface area (Å²) in [6.45, 7) is 0. The van der Waals surface area contributed by atoms with E-state index in [2.05, 4.69) is 4.98 Å². The number of carboxylic acids is 1. The Hall–Kier alpha value is -1.84. The van der Waals surface area contributed by atoms with E-state index in [0.717, 1.165) is 17.8 Å². The highest BCUT2D eigenvalue weighted by Crippen LogP contribution is 2.46. The second-order valence-corrected chi connectivity index (χ2v) is 3.92. The monoisotopic (exact) mass is 202 g/mol. The Morgan fingerprint density at radius 1 is 1.53 bits per heavy atom. The molecule has 0 radical (unpaired) electrons. The van der Waals surface area contributed by atoms with E-state index in [-0.39, 0.29) is 11.8 Å². The van der Waals surface area contributed by atoms with Gasteiger partial charge in [0.1, 0.15) is 5.65 Å². The van der Waals surface area contributed by atoms with Gasteiger partial charge in [-0.2, -0.15) is 0 Å². The summed E-state index contributed by atoms with van der Waals surface area (Å²) in [6, 6.07) is 5.77. The lowest BCUT2D eigenvalue weighted by atomic mass is 10.2. The Labute approximate surface area is 86.2 Å². The fourth-order valence-corrected chi connectivity index (χ4v) is 1.93. The van der Waals surface area contributed by atoms with Crippen LogP contribution in [-0.2, 0) is 4.79 Å². The fourth-order valence-electron chi connectivity index (χ4n) is 1.93. The first-order valence-corrected chi connectivity index (χ1v) is 4.92. The molecule has 1 saturated carbocycles. The van der Waals surface area contributed by atoms with Crippen molar-refractivity contribution < 1.29 is 9.90 Å². The predicted octanol–water partition coefficient (Wildman–Crippen LogP) is 1.52. The predicted molar refractivity (Wildman–Crippen MR) is 53.7 cm³/mol. The first-order chi connectivity index (χ1) is 7.25. The molecule has 3 rings (SSSR count). The topological polar surface area (TPSA) is 54.6 Å². The molecule has 1 fully saturated rings. The SMILES string of the molecule is O=C(O)C1CC1c1cn2ccccc2n1. The molecule has 76 valence electrons. The largest absolute Gasteiger partial charge is 0.481 e. The van der Waals surface area contributed by atoms with Gasteiger partial charge in [-0.15, -0.1) is 0 Å². The van der Waals surface area contributed by atoms with Gasteiger partial charge in [0.25, 0.3) is 0 Å². The maximum absolute atomic E-state index is 10.7. The van der Waals surface area contributed by atoms with Gasteiger partial charge in [0.2, 0.25) is 0 Å². The zero-order chi connectivity index (χ0) is 10.4. The number of carbonyl (C=O) groups is 1. The van der Waals surface area contributed by atoms with Crippen LogP contribution in [0.3, 0.4) is 0 Å². The van der Waals surface area contributed by atoms with E-state index in [9.17, 15) is 4.79 Å². The first-order valence-electron chi connectivity index (χ1n) is 4.92. The minimum absolute atomic E-state index is 0.113. The molecule has 0 spiro atoms. The van der Waals surface area contributed by atoms with Crippen molar-refractivity contribution in [3.63, 3.8) is 0 Å². The Balaban J connectivity index is 1.97. The maximum Gasteiger partial charge on any atom is 0.307 e. The first kappa shape index (κ1) is 8.47. The van der Waals surface area contributed by atoms with Crippen LogP contribution in [0.2, 0.25) is 0 Å². The van der Waals surface area contributed by atoms with Crippen molar-refractivity contribution in [1.29, 1.82) is 0 Å². The number of fused-ring (bicyclic) bond motifs is 1. The Kier molecular flexibility index (Phi) is 1.59. The highest BCUT2D eigenvalue weighted by Gasteiger charge is 2.45. The number of hydrogen-bond donors (Lipinski definition) is 1. The Morgan fingerprint density at radius 2 is 2.40 bits per heavy atom. The van der Waals surface area contributed by atoms with E-state index in [4.69, 9.17) is 5.11 Å². The van der Waals surface area contributed by atoms with Crippen molar-refractivity contribution in [2.24, 2.45) is 5.92 Å². The van der Waals surface area contributed by atoms with E-state index >= 15 is 0 Å². The average molecular weight is 202 g/mol. The molecule has 4 nitrogen and oxygen atoms in total. The van der Waals surface area contributed by atoms with Crippen LogP contribution in [0.5, 0.6) is 0 Å². The lowest BCUT2D eigenvalue weighted by molar-refractivity contribution is -0.138. The molecule has 2 unspecified atom stereocenters. The molecule has 4 heteroatoms. The molecule has 0 saturated heterocycles. The number of pyridine rings is 1. The van der Waals surface area contributed by atoms with E-state index in [1.54, 1.807) is 0 Å². The van der Waals surface area contributed by atoms with E-state index in [1.807, 2.05) is 35.0 Å². The molecular formula is C11H10N2O2. The van der Waals surface area contributed by atoms with Gasteiger partial charge >= 0.3 is 5.97 Å². The van der Waals surface area contributed by atoms with Crippen molar-refractivity contribution in [1.82, 2.24) is 9.38 Å². The van der Waals surface area contributed by atoms with Crippen LogP contribution in [0.15, 0.2) is 30.6 Å². The van der Waals surface area contributed by atoms with Crippen LogP contribution in [0, 0.1) is 5.92 Å².